The average molecular weight is 265 g/mol. The fraction of sp³-hybridized carbons (Fsp3) is 0.533. The number of carbonyl (C=O) groups excluding carboxylic acids is 1. The van der Waals surface area contributed by atoms with Crippen molar-refractivity contribution >= 4 is 5.78 Å². The number of carbonyl (C=O) groups is 1. The van der Waals surface area contributed by atoms with Gasteiger partial charge in [-0.15, -0.1) is 0 Å². The van der Waals surface area contributed by atoms with Crippen molar-refractivity contribution in [2.45, 2.75) is 31.7 Å². The lowest BCUT2D eigenvalue weighted by atomic mass is 9.90. The number of Topliss-reactive ketones (excluding diaryl/α,β-unsaturated/α-hetero) is 1. The van der Waals surface area contributed by atoms with E-state index >= 15 is 0 Å². The maximum Gasteiger partial charge on any atom is 0.164 e. The second-order valence-corrected chi connectivity index (χ2v) is 5.63. The van der Waals surface area contributed by atoms with E-state index in [1.165, 1.54) is 25.3 Å². The highest BCUT2D eigenvalue weighted by molar-refractivity contribution is 5.96. The number of ketones is 1. The van der Waals surface area contributed by atoms with Gasteiger partial charge in [0.15, 0.2) is 17.4 Å². The van der Waals surface area contributed by atoms with Gasteiger partial charge in [0.25, 0.3) is 0 Å². The Bertz CT molecular complexity index is 503. The maximum atomic E-state index is 13.1. The third kappa shape index (κ3) is 2.41. The summed E-state index contributed by atoms with van der Waals surface area (Å²) in [6.07, 6.45) is 4.04. The Morgan fingerprint density at radius 2 is 2.11 bits per heavy atom. The molecule has 2 fully saturated rings. The number of hydrogen-bond donors (Lipinski definition) is 1. The molecule has 3 rings (SSSR count). The number of fused-ring (bicyclic) bond motifs is 1. The third-order valence-corrected chi connectivity index (χ3v) is 4.52. The number of hydrogen-bond acceptors (Lipinski definition) is 2. The zero-order valence-electron chi connectivity index (χ0n) is 10.7. The SMILES string of the molecule is O=C(CC1NCC2CCCC21)c1ccc(F)c(F)c1. The minimum Gasteiger partial charge on any atom is -0.313 e. The van der Waals surface area contributed by atoms with Crippen LogP contribution < -0.4 is 5.32 Å². The van der Waals surface area contributed by atoms with Gasteiger partial charge in [-0.2, -0.15) is 0 Å². The Balaban J connectivity index is 1.69. The summed E-state index contributed by atoms with van der Waals surface area (Å²) in [5.41, 5.74) is 0.266. The van der Waals surface area contributed by atoms with Crippen molar-refractivity contribution in [1.82, 2.24) is 5.32 Å². The van der Waals surface area contributed by atoms with E-state index in [2.05, 4.69) is 5.32 Å². The molecule has 1 N–H and O–H groups in total. The standard InChI is InChI=1S/C15H17F2NO/c16-12-5-4-9(6-13(12)17)15(19)7-14-11-3-1-2-10(11)8-18-14/h4-6,10-11,14,18H,1-3,7-8H2. The summed E-state index contributed by atoms with van der Waals surface area (Å²) in [6.45, 7) is 0.987. The van der Waals surface area contributed by atoms with Gasteiger partial charge in [-0.05, 0) is 49.4 Å². The van der Waals surface area contributed by atoms with Crippen molar-refractivity contribution in [3.05, 3.63) is 35.4 Å². The van der Waals surface area contributed by atoms with Crippen LogP contribution in [0, 0.1) is 23.5 Å². The number of halogens is 2. The molecule has 19 heavy (non-hydrogen) atoms. The van der Waals surface area contributed by atoms with Gasteiger partial charge in [0, 0.05) is 18.0 Å². The first-order chi connectivity index (χ1) is 9.15. The van der Waals surface area contributed by atoms with Crippen molar-refractivity contribution < 1.29 is 13.6 Å². The molecule has 1 aliphatic carbocycles. The van der Waals surface area contributed by atoms with Crippen LogP contribution in [-0.2, 0) is 0 Å². The first-order valence-corrected chi connectivity index (χ1v) is 6.87. The lowest BCUT2D eigenvalue weighted by Gasteiger charge is -2.17. The van der Waals surface area contributed by atoms with Crippen LogP contribution in [-0.4, -0.2) is 18.4 Å². The highest BCUT2D eigenvalue weighted by Gasteiger charge is 2.39. The smallest absolute Gasteiger partial charge is 0.164 e. The van der Waals surface area contributed by atoms with Gasteiger partial charge < -0.3 is 5.32 Å². The topological polar surface area (TPSA) is 29.1 Å². The quantitative estimate of drug-likeness (QED) is 0.851. The summed E-state index contributed by atoms with van der Waals surface area (Å²) in [7, 11) is 0. The summed E-state index contributed by atoms with van der Waals surface area (Å²) in [4.78, 5) is 12.1. The van der Waals surface area contributed by atoms with E-state index in [0.717, 1.165) is 18.7 Å². The highest BCUT2D eigenvalue weighted by Crippen LogP contribution is 2.38. The van der Waals surface area contributed by atoms with Crippen molar-refractivity contribution in [2.24, 2.45) is 11.8 Å². The molecule has 0 aromatic heterocycles. The molecule has 4 heteroatoms. The molecule has 2 nitrogen and oxygen atoms in total. The summed E-state index contributed by atoms with van der Waals surface area (Å²) in [5.74, 6) is -0.698. The largest absolute Gasteiger partial charge is 0.313 e. The molecule has 102 valence electrons. The van der Waals surface area contributed by atoms with E-state index in [1.54, 1.807) is 0 Å². The lowest BCUT2D eigenvalue weighted by molar-refractivity contribution is 0.0963. The predicted octanol–water partition coefficient (Wildman–Crippen LogP) is 2.93. The Kier molecular flexibility index (Phi) is 3.35. The zero-order valence-corrected chi connectivity index (χ0v) is 10.7. The predicted molar refractivity (Wildman–Crippen MR) is 67.9 cm³/mol. The molecule has 0 spiro atoms. The lowest BCUT2D eigenvalue weighted by Crippen LogP contribution is -2.29. The molecule has 1 saturated heterocycles. The van der Waals surface area contributed by atoms with Gasteiger partial charge in [-0.1, -0.05) is 6.42 Å². The van der Waals surface area contributed by atoms with Gasteiger partial charge in [0.1, 0.15) is 0 Å². The van der Waals surface area contributed by atoms with Gasteiger partial charge in [0.2, 0.25) is 0 Å². The van der Waals surface area contributed by atoms with Crippen molar-refractivity contribution in [3.63, 3.8) is 0 Å². The molecule has 1 aromatic carbocycles. The summed E-state index contributed by atoms with van der Waals surface area (Å²) < 4.78 is 26.0. The van der Waals surface area contributed by atoms with Crippen LogP contribution in [0.15, 0.2) is 18.2 Å². The van der Waals surface area contributed by atoms with Crippen LogP contribution in [0.4, 0.5) is 8.78 Å². The molecule has 0 radical (unpaired) electrons. The number of rotatable bonds is 3. The zero-order chi connectivity index (χ0) is 13.4. The van der Waals surface area contributed by atoms with Crippen LogP contribution >= 0.6 is 0 Å². The van der Waals surface area contributed by atoms with Crippen molar-refractivity contribution in [1.29, 1.82) is 0 Å². The Morgan fingerprint density at radius 1 is 1.26 bits per heavy atom. The molecule has 1 aliphatic heterocycles. The molecule has 1 aromatic rings. The van der Waals surface area contributed by atoms with E-state index in [4.69, 9.17) is 0 Å². The molecule has 3 atom stereocenters. The van der Waals surface area contributed by atoms with E-state index in [0.29, 0.717) is 18.3 Å². The normalized spacial score (nSPS) is 29.5. The van der Waals surface area contributed by atoms with E-state index in [1.807, 2.05) is 0 Å². The second kappa shape index (κ2) is 5.00. The Hall–Kier alpha value is -1.29. The van der Waals surface area contributed by atoms with E-state index < -0.39 is 11.6 Å². The van der Waals surface area contributed by atoms with Crippen LogP contribution in [0.25, 0.3) is 0 Å². The highest BCUT2D eigenvalue weighted by atomic mass is 19.2. The molecule has 1 heterocycles. The maximum absolute atomic E-state index is 13.1. The fourth-order valence-electron chi connectivity index (χ4n) is 3.51. The number of benzene rings is 1. The molecule has 3 unspecified atom stereocenters. The van der Waals surface area contributed by atoms with Crippen LogP contribution in [0.5, 0.6) is 0 Å². The summed E-state index contributed by atoms with van der Waals surface area (Å²) >= 11 is 0. The fourth-order valence-corrected chi connectivity index (χ4v) is 3.51. The van der Waals surface area contributed by atoms with Gasteiger partial charge in [0.05, 0.1) is 0 Å². The molecule has 2 aliphatic rings. The summed E-state index contributed by atoms with van der Waals surface area (Å²) in [6, 6.07) is 3.58. The van der Waals surface area contributed by atoms with E-state index in [-0.39, 0.29) is 17.4 Å². The minimum absolute atomic E-state index is 0.107. The molecular formula is C15H17F2NO. The first-order valence-electron chi connectivity index (χ1n) is 6.87. The van der Waals surface area contributed by atoms with Crippen molar-refractivity contribution in [3.8, 4) is 0 Å². The van der Waals surface area contributed by atoms with Gasteiger partial charge in [-0.25, -0.2) is 8.78 Å². The molecular weight excluding hydrogens is 248 g/mol. The third-order valence-electron chi connectivity index (χ3n) is 4.52. The first kappa shape index (κ1) is 12.7. The molecule has 0 amide bonds. The van der Waals surface area contributed by atoms with Crippen LogP contribution in [0.2, 0.25) is 0 Å². The Labute approximate surface area is 111 Å². The van der Waals surface area contributed by atoms with Crippen molar-refractivity contribution in [2.75, 3.05) is 6.54 Å². The molecule has 1 saturated carbocycles. The van der Waals surface area contributed by atoms with Crippen LogP contribution in [0.3, 0.4) is 0 Å². The average Bonchev–Trinajstić information content (AvgIpc) is 2.97. The monoisotopic (exact) mass is 265 g/mol. The molecule has 0 bridgehead atoms. The summed E-state index contributed by atoms with van der Waals surface area (Å²) in [5, 5.41) is 3.40. The van der Waals surface area contributed by atoms with Crippen LogP contribution in [0.1, 0.15) is 36.0 Å². The van der Waals surface area contributed by atoms with E-state index in [9.17, 15) is 13.6 Å². The van der Waals surface area contributed by atoms with Gasteiger partial charge >= 0.3 is 0 Å². The Morgan fingerprint density at radius 3 is 2.89 bits per heavy atom. The minimum atomic E-state index is -0.955. The van der Waals surface area contributed by atoms with Gasteiger partial charge in [-0.3, -0.25) is 4.79 Å². The second-order valence-electron chi connectivity index (χ2n) is 5.63. The number of nitrogens with one attached hydrogen (secondary N) is 1.